The van der Waals surface area contributed by atoms with Gasteiger partial charge in [0.2, 0.25) is 0 Å². The highest BCUT2D eigenvalue weighted by Gasteiger charge is 2.24. The second-order valence-electron chi connectivity index (χ2n) is 6.40. The van der Waals surface area contributed by atoms with E-state index in [2.05, 4.69) is 35.2 Å². The van der Waals surface area contributed by atoms with Crippen LogP contribution in [0.1, 0.15) is 27.2 Å². The molecule has 0 saturated carbocycles. The van der Waals surface area contributed by atoms with Crippen molar-refractivity contribution < 1.29 is 4.74 Å². The second kappa shape index (κ2) is 7.55. The third-order valence-electron chi connectivity index (χ3n) is 4.36. The number of pyridine rings is 1. The molecule has 3 rings (SSSR count). The Morgan fingerprint density at radius 2 is 2.04 bits per heavy atom. The average molecular weight is 347 g/mol. The van der Waals surface area contributed by atoms with Gasteiger partial charge in [-0.3, -0.25) is 14.5 Å². The topological polar surface area (TPSA) is 48.1 Å². The van der Waals surface area contributed by atoms with Crippen molar-refractivity contribution in [3.63, 3.8) is 0 Å². The van der Waals surface area contributed by atoms with E-state index in [1.54, 1.807) is 12.4 Å². The minimum absolute atomic E-state index is 0.243. The van der Waals surface area contributed by atoms with E-state index in [1.165, 1.54) is 0 Å². The van der Waals surface area contributed by atoms with Crippen LogP contribution < -0.4 is 0 Å². The number of nitrogens with zero attached hydrogens (tertiary/aromatic N) is 5. The molecule has 0 radical (unpaired) electrons. The molecule has 0 bridgehead atoms. The number of hydrogen-bond acceptors (Lipinski definition) is 5. The maximum absolute atomic E-state index is 5.72. The molecule has 6 nitrogen and oxygen atoms in total. The summed E-state index contributed by atoms with van der Waals surface area (Å²) in [5.41, 5.74) is 1.05. The Bertz CT molecular complexity index is 726. The van der Waals surface area contributed by atoms with E-state index in [1.807, 2.05) is 16.8 Å². The van der Waals surface area contributed by atoms with Gasteiger partial charge in [0.25, 0.3) is 0 Å². The van der Waals surface area contributed by atoms with Gasteiger partial charge < -0.3 is 4.74 Å². The van der Waals surface area contributed by atoms with Crippen molar-refractivity contribution in [2.75, 3.05) is 13.2 Å². The molecule has 2 aromatic heterocycles. The van der Waals surface area contributed by atoms with Gasteiger partial charge in [-0.25, -0.2) is 4.68 Å². The molecule has 130 valence electrons. The van der Waals surface area contributed by atoms with Gasteiger partial charge in [-0.1, -0.05) is 6.92 Å². The summed E-state index contributed by atoms with van der Waals surface area (Å²) < 4.78 is 10.6. The number of ether oxygens (including phenoxy) is 1. The fourth-order valence-electron chi connectivity index (χ4n) is 3.01. The average Bonchev–Trinajstić information content (AvgIpc) is 2.89. The lowest BCUT2D eigenvalue weighted by Gasteiger charge is -2.36. The summed E-state index contributed by atoms with van der Waals surface area (Å²) in [4.78, 5) is 6.47. The molecule has 3 heterocycles. The van der Waals surface area contributed by atoms with Crippen LogP contribution in [0.3, 0.4) is 0 Å². The van der Waals surface area contributed by atoms with Crippen molar-refractivity contribution >= 4 is 12.2 Å². The molecular formula is C17H25N5OS. The summed E-state index contributed by atoms with van der Waals surface area (Å²) in [6.07, 6.45) is 4.84. The lowest BCUT2D eigenvalue weighted by atomic mass is 10.2. The third kappa shape index (κ3) is 3.58. The summed E-state index contributed by atoms with van der Waals surface area (Å²) in [5.74, 6) is 0.915. The molecular weight excluding hydrogens is 322 g/mol. The molecule has 1 saturated heterocycles. The van der Waals surface area contributed by atoms with Crippen LogP contribution in [0.2, 0.25) is 0 Å². The Labute approximate surface area is 148 Å². The Kier molecular flexibility index (Phi) is 5.43. The molecule has 1 aliphatic rings. The van der Waals surface area contributed by atoms with Crippen molar-refractivity contribution in [2.45, 2.75) is 52.6 Å². The SMILES string of the molecule is CCCn1c(-c2ccncc2)nn(CN2CC(C)OCC2C)c1=S. The molecule has 24 heavy (non-hydrogen) atoms. The van der Waals surface area contributed by atoms with Gasteiger partial charge in [0.05, 0.1) is 19.4 Å². The van der Waals surface area contributed by atoms with Crippen LogP contribution in [-0.4, -0.2) is 49.5 Å². The Morgan fingerprint density at radius 3 is 2.75 bits per heavy atom. The van der Waals surface area contributed by atoms with Crippen molar-refractivity contribution in [3.05, 3.63) is 29.3 Å². The molecule has 7 heteroatoms. The normalized spacial score (nSPS) is 22.0. The van der Waals surface area contributed by atoms with Crippen LogP contribution in [-0.2, 0) is 18.0 Å². The monoisotopic (exact) mass is 347 g/mol. The molecule has 2 unspecified atom stereocenters. The van der Waals surface area contributed by atoms with Crippen LogP contribution in [0.15, 0.2) is 24.5 Å². The lowest BCUT2D eigenvalue weighted by Crippen LogP contribution is -2.47. The number of rotatable bonds is 5. The van der Waals surface area contributed by atoms with Crippen LogP contribution in [0, 0.1) is 4.77 Å². The number of aromatic nitrogens is 4. The van der Waals surface area contributed by atoms with E-state index >= 15 is 0 Å². The summed E-state index contributed by atoms with van der Waals surface area (Å²) in [6.45, 7) is 9.66. The van der Waals surface area contributed by atoms with Crippen molar-refractivity contribution in [3.8, 4) is 11.4 Å². The summed E-state index contributed by atoms with van der Waals surface area (Å²) in [7, 11) is 0. The Morgan fingerprint density at radius 1 is 1.29 bits per heavy atom. The first-order valence-corrected chi connectivity index (χ1v) is 8.94. The zero-order valence-corrected chi connectivity index (χ0v) is 15.4. The van der Waals surface area contributed by atoms with Gasteiger partial charge in [-0.2, -0.15) is 5.10 Å². The number of hydrogen-bond donors (Lipinski definition) is 0. The fraction of sp³-hybridized carbons (Fsp3) is 0.588. The first-order valence-electron chi connectivity index (χ1n) is 8.53. The standard InChI is InChI=1S/C17H25N5OS/c1-4-9-21-16(15-5-7-18-8-6-15)19-22(17(21)24)12-20-10-14(3)23-11-13(20)2/h5-8,13-14H,4,9-12H2,1-3H3. The van der Waals surface area contributed by atoms with Crippen LogP contribution in [0.5, 0.6) is 0 Å². The molecule has 0 spiro atoms. The molecule has 2 atom stereocenters. The minimum atomic E-state index is 0.243. The predicted molar refractivity (Wildman–Crippen MR) is 96.2 cm³/mol. The van der Waals surface area contributed by atoms with Gasteiger partial charge in [-0.15, -0.1) is 0 Å². The molecule has 0 aromatic carbocycles. The fourth-order valence-corrected chi connectivity index (χ4v) is 3.29. The minimum Gasteiger partial charge on any atom is -0.376 e. The smallest absolute Gasteiger partial charge is 0.199 e. The molecule has 0 aliphatic carbocycles. The van der Waals surface area contributed by atoms with Crippen LogP contribution in [0.4, 0.5) is 0 Å². The highest BCUT2D eigenvalue weighted by atomic mass is 32.1. The van der Waals surface area contributed by atoms with E-state index in [0.29, 0.717) is 12.7 Å². The maximum Gasteiger partial charge on any atom is 0.199 e. The van der Waals surface area contributed by atoms with Crippen LogP contribution >= 0.6 is 12.2 Å². The molecule has 0 N–H and O–H groups in total. The van der Waals surface area contributed by atoms with E-state index in [0.717, 1.165) is 42.3 Å². The second-order valence-corrected chi connectivity index (χ2v) is 6.76. The number of morpholine rings is 1. The van der Waals surface area contributed by atoms with E-state index < -0.39 is 0 Å². The first kappa shape index (κ1) is 17.3. The zero-order valence-electron chi connectivity index (χ0n) is 14.6. The van der Waals surface area contributed by atoms with Crippen molar-refractivity contribution in [2.24, 2.45) is 0 Å². The van der Waals surface area contributed by atoms with E-state index in [9.17, 15) is 0 Å². The summed E-state index contributed by atoms with van der Waals surface area (Å²) >= 11 is 5.70. The van der Waals surface area contributed by atoms with Gasteiger partial charge in [0, 0.05) is 37.1 Å². The molecule has 1 aliphatic heterocycles. The lowest BCUT2D eigenvalue weighted by molar-refractivity contribution is -0.0625. The summed E-state index contributed by atoms with van der Waals surface area (Å²) in [5, 5.41) is 4.82. The van der Waals surface area contributed by atoms with Crippen molar-refractivity contribution in [1.29, 1.82) is 0 Å². The van der Waals surface area contributed by atoms with Gasteiger partial charge in [-0.05, 0) is 44.6 Å². The van der Waals surface area contributed by atoms with Crippen molar-refractivity contribution in [1.82, 2.24) is 24.2 Å². The largest absolute Gasteiger partial charge is 0.376 e. The first-order chi connectivity index (χ1) is 11.6. The van der Waals surface area contributed by atoms with E-state index in [4.69, 9.17) is 22.1 Å². The maximum atomic E-state index is 5.72. The van der Waals surface area contributed by atoms with Gasteiger partial charge in [0.1, 0.15) is 0 Å². The summed E-state index contributed by atoms with van der Waals surface area (Å²) in [6, 6.07) is 4.32. The predicted octanol–water partition coefficient (Wildman–Crippen LogP) is 2.95. The van der Waals surface area contributed by atoms with Gasteiger partial charge >= 0.3 is 0 Å². The Hall–Kier alpha value is -1.57. The Balaban J connectivity index is 1.93. The zero-order chi connectivity index (χ0) is 17.1. The highest BCUT2D eigenvalue weighted by molar-refractivity contribution is 7.71. The van der Waals surface area contributed by atoms with Crippen LogP contribution in [0.25, 0.3) is 11.4 Å². The molecule has 2 aromatic rings. The molecule has 0 amide bonds. The van der Waals surface area contributed by atoms with E-state index in [-0.39, 0.29) is 6.10 Å². The quantitative estimate of drug-likeness (QED) is 0.778. The highest BCUT2D eigenvalue weighted by Crippen LogP contribution is 2.19. The van der Waals surface area contributed by atoms with Gasteiger partial charge in [0.15, 0.2) is 10.6 Å². The molecule has 1 fully saturated rings. The third-order valence-corrected chi connectivity index (χ3v) is 4.79.